The normalized spacial score (nSPS) is 14.6. The highest BCUT2D eigenvalue weighted by Crippen LogP contribution is 2.43. The molecule has 6 rings (SSSR count). The van der Waals surface area contributed by atoms with Crippen LogP contribution in [0.25, 0.3) is 39.4 Å². The number of unbranched alkanes of at least 4 members (excludes halogenated alkanes) is 1. The Morgan fingerprint density at radius 2 is 1.92 bits per heavy atom. The van der Waals surface area contributed by atoms with Crippen molar-refractivity contribution in [2.75, 3.05) is 4.90 Å². The summed E-state index contributed by atoms with van der Waals surface area (Å²) in [5, 5.41) is 0.935. The lowest BCUT2D eigenvalue weighted by Gasteiger charge is -2.31. The van der Waals surface area contributed by atoms with Crippen LogP contribution in [0.1, 0.15) is 30.9 Å². The van der Waals surface area contributed by atoms with E-state index < -0.39 is 11.7 Å². The maximum absolute atomic E-state index is 13.6. The molecule has 0 fully saturated rings. The number of nitrogens with one attached hydrogen (secondary N) is 1. The zero-order valence-corrected chi connectivity index (χ0v) is 19.9. The number of benzene rings is 1. The van der Waals surface area contributed by atoms with Crippen LogP contribution in [0.3, 0.4) is 0 Å². The van der Waals surface area contributed by atoms with Gasteiger partial charge in [0.15, 0.2) is 0 Å². The van der Waals surface area contributed by atoms with E-state index in [9.17, 15) is 13.2 Å². The average Bonchev–Trinajstić information content (AvgIpc) is 3.35. The van der Waals surface area contributed by atoms with Gasteiger partial charge in [-0.3, -0.25) is 4.98 Å². The molecular weight excluding hydrogens is 475 g/mol. The number of H-pyrrole nitrogens is 1. The number of anilines is 2. The molecule has 1 aliphatic heterocycles. The smallest absolute Gasteiger partial charge is 0.345 e. The summed E-state index contributed by atoms with van der Waals surface area (Å²) in [7, 11) is 0. The molecule has 5 heterocycles. The van der Waals surface area contributed by atoms with Crippen molar-refractivity contribution in [3.05, 3.63) is 96.1 Å². The van der Waals surface area contributed by atoms with E-state index in [1.165, 1.54) is 12.1 Å². The lowest BCUT2D eigenvalue weighted by molar-refractivity contribution is -0.137. The number of allylic oxidation sites excluding steroid dienone is 2. The van der Waals surface area contributed by atoms with Crippen molar-refractivity contribution in [1.29, 1.82) is 0 Å². The molecule has 5 nitrogen and oxygen atoms in total. The molecule has 5 aromatic rings. The van der Waals surface area contributed by atoms with Gasteiger partial charge in [0, 0.05) is 46.5 Å². The Bertz CT molecular complexity index is 1700. The number of halogens is 3. The number of pyridine rings is 3. The number of alkyl halides is 3. The van der Waals surface area contributed by atoms with E-state index in [4.69, 9.17) is 4.98 Å². The molecule has 0 saturated heterocycles. The second-order valence-electron chi connectivity index (χ2n) is 8.86. The van der Waals surface area contributed by atoms with Crippen LogP contribution in [-0.2, 0) is 6.18 Å². The van der Waals surface area contributed by atoms with Crippen molar-refractivity contribution in [2.24, 2.45) is 0 Å². The Morgan fingerprint density at radius 3 is 2.76 bits per heavy atom. The fourth-order valence-corrected chi connectivity index (χ4v) is 4.67. The molecule has 0 radical (unpaired) electrons. The fraction of sp³-hybridized carbons (Fsp3) is 0.138. The molecule has 0 amide bonds. The molecule has 0 aliphatic carbocycles. The Morgan fingerprint density at radius 1 is 1.03 bits per heavy atom. The molecule has 1 aromatic carbocycles. The number of aromatic nitrogens is 4. The van der Waals surface area contributed by atoms with Gasteiger partial charge >= 0.3 is 6.18 Å². The monoisotopic (exact) mass is 497 g/mol. The molecule has 0 atom stereocenters. The van der Waals surface area contributed by atoms with E-state index >= 15 is 0 Å². The standard InChI is InChI=1S/C29H22F3N5/c1-2-3-7-20-11-10-18-16-34-25-13-12-24(23-17-35-28-22(23)9-5-14-33-28)36-26(25)27(18)37(20)21-8-4-6-19(15-21)29(30,31)32/h4-17H,2-3H2,1H3,(H,33,35)/b20-7-. The quantitative estimate of drug-likeness (QED) is 0.273. The van der Waals surface area contributed by atoms with Crippen molar-refractivity contribution in [1.82, 2.24) is 19.9 Å². The summed E-state index contributed by atoms with van der Waals surface area (Å²) in [6, 6.07) is 13.0. The second kappa shape index (κ2) is 8.89. The third-order valence-corrected chi connectivity index (χ3v) is 6.43. The summed E-state index contributed by atoms with van der Waals surface area (Å²) in [4.78, 5) is 19.0. The minimum atomic E-state index is -4.45. The van der Waals surface area contributed by atoms with Gasteiger partial charge in [-0.05, 0) is 61.0 Å². The van der Waals surface area contributed by atoms with Crippen LogP contribution < -0.4 is 4.90 Å². The molecule has 0 bridgehead atoms. The third kappa shape index (κ3) is 4.04. The summed E-state index contributed by atoms with van der Waals surface area (Å²) in [5.74, 6) is 0. The lowest BCUT2D eigenvalue weighted by Crippen LogP contribution is -2.20. The summed E-state index contributed by atoms with van der Waals surface area (Å²) in [6.45, 7) is 2.06. The van der Waals surface area contributed by atoms with Crippen molar-refractivity contribution >= 4 is 39.5 Å². The van der Waals surface area contributed by atoms with Crippen LogP contribution in [0.5, 0.6) is 0 Å². The Labute approximate surface area is 211 Å². The van der Waals surface area contributed by atoms with Gasteiger partial charge in [-0.1, -0.05) is 25.5 Å². The van der Waals surface area contributed by atoms with Gasteiger partial charge in [-0.25, -0.2) is 9.97 Å². The zero-order valence-electron chi connectivity index (χ0n) is 19.9. The maximum Gasteiger partial charge on any atom is 0.416 e. The fourth-order valence-electron chi connectivity index (χ4n) is 4.67. The largest absolute Gasteiger partial charge is 0.416 e. The highest BCUT2D eigenvalue weighted by Gasteiger charge is 2.32. The second-order valence-corrected chi connectivity index (χ2v) is 8.86. The van der Waals surface area contributed by atoms with Crippen LogP contribution in [0, 0.1) is 0 Å². The van der Waals surface area contributed by atoms with Gasteiger partial charge in [0.1, 0.15) is 11.2 Å². The molecule has 184 valence electrons. The number of rotatable bonds is 4. The van der Waals surface area contributed by atoms with Gasteiger partial charge in [0.2, 0.25) is 0 Å². The van der Waals surface area contributed by atoms with Crippen LogP contribution in [-0.4, -0.2) is 19.9 Å². The average molecular weight is 498 g/mol. The summed E-state index contributed by atoms with van der Waals surface area (Å²) < 4.78 is 40.9. The van der Waals surface area contributed by atoms with Crippen molar-refractivity contribution < 1.29 is 13.2 Å². The first-order valence-corrected chi connectivity index (χ1v) is 12.0. The van der Waals surface area contributed by atoms with Gasteiger partial charge < -0.3 is 9.88 Å². The van der Waals surface area contributed by atoms with Gasteiger partial charge in [0.25, 0.3) is 0 Å². The molecule has 4 aromatic heterocycles. The van der Waals surface area contributed by atoms with Crippen molar-refractivity contribution in [3.63, 3.8) is 0 Å². The lowest BCUT2D eigenvalue weighted by atomic mass is 10.0. The van der Waals surface area contributed by atoms with E-state index in [0.717, 1.165) is 52.5 Å². The molecule has 8 heteroatoms. The van der Waals surface area contributed by atoms with Gasteiger partial charge in [0.05, 0.1) is 22.5 Å². The summed E-state index contributed by atoms with van der Waals surface area (Å²) in [6.07, 6.45) is 8.48. The van der Waals surface area contributed by atoms with Crippen LogP contribution in [0.15, 0.2) is 85.0 Å². The summed E-state index contributed by atoms with van der Waals surface area (Å²) in [5.41, 5.74) is 5.63. The highest BCUT2D eigenvalue weighted by atomic mass is 19.4. The predicted octanol–water partition coefficient (Wildman–Crippen LogP) is 8.04. The van der Waals surface area contributed by atoms with Gasteiger partial charge in [-0.15, -0.1) is 0 Å². The topological polar surface area (TPSA) is 57.7 Å². The van der Waals surface area contributed by atoms with Crippen molar-refractivity contribution in [3.8, 4) is 11.3 Å². The van der Waals surface area contributed by atoms with E-state index in [-0.39, 0.29) is 0 Å². The van der Waals surface area contributed by atoms with Crippen LogP contribution in [0.2, 0.25) is 0 Å². The molecular formula is C29H22F3N5. The third-order valence-electron chi connectivity index (χ3n) is 6.43. The minimum absolute atomic E-state index is 0.416. The maximum atomic E-state index is 13.6. The number of fused-ring (bicyclic) bond motifs is 4. The Kier molecular flexibility index (Phi) is 5.52. The molecule has 1 N–H and O–H groups in total. The minimum Gasteiger partial charge on any atom is -0.345 e. The first kappa shape index (κ1) is 23.0. The van der Waals surface area contributed by atoms with Gasteiger partial charge in [-0.2, -0.15) is 13.2 Å². The first-order valence-electron chi connectivity index (χ1n) is 12.0. The SMILES string of the molecule is CCC/C=C1/C=Cc2cnc3ccc(-c4c[nH]c5ncccc45)nc3c2N1c1cccc(C(F)(F)F)c1. The molecule has 0 spiro atoms. The Hall–Kier alpha value is -4.46. The van der Waals surface area contributed by atoms with Crippen LogP contribution in [0.4, 0.5) is 24.5 Å². The Balaban J connectivity index is 1.60. The molecule has 0 unspecified atom stereocenters. The number of nitrogens with zero attached hydrogens (tertiary/aromatic N) is 4. The van der Waals surface area contributed by atoms with Crippen molar-refractivity contribution in [2.45, 2.75) is 25.9 Å². The number of aromatic amines is 1. The number of hydrogen-bond donors (Lipinski definition) is 1. The van der Waals surface area contributed by atoms with E-state index in [0.29, 0.717) is 22.4 Å². The molecule has 0 saturated carbocycles. The highest BCUT2D eigenvalue weighted by molar-refractivity contribution is 6.01. The first-order chi connectivity index (χ1) is 17.9. The van der Waals surface area contributed by atoms with E-state index in [2.05, 4.69) is 21.9 Å². The predicted molar refractivity (Wildman–Crippen MR) is 140 cm³/mol. The molecule has 37 heavy (non-hydrogen) atoms. The molecule has 1 aliphatic rings. The summed E-state index contributed by atoms with van der Waals surface area (Å²) >= 11 is 0. The van der Waals surface area contributed by atoms with Crippen LogP contribution >= 0.6 is 0 Å². The number of hydrogen-bond acceptors (Lipinski definition) is 4. The zero-order chi connectivity index (χ0) is 25.6. The van der Waals surface area contributed by atoms with E-state index in [1.807, 2.05) is 53.6 Å². The van der Waals surface area contributed by atoms with E-state index in [1.54, 1.807) is 18.5 Å².